The number of carbonyl (C=O) groups excluding carboxylic acids is 1. The molecule has 0 saturated heterocycles. The zero-order chi connectivity index (χ0) is 11.8. The first-order valence-electron chi connectivity index (χ1n) is 5.19. The Morgan fingerprint density at radius 2 is 2.13 bits per heavy atom. The van der Waals surface area contributed by atoms with Crippen LogP contribution >= 0.6 is 11.8 Å². The topological polar surface area (TPSA) is 75.4 Å². The summed E-state index contributed by atoms with van der Waals surface area (Å²) in [5, 5.41) is 12.1. The molecule has 0 fully saturated rings. The highest BCUT2D eigenvalue weighted by molar-refractivity contribution is 7.98. The average Bonchev–Trinajstić information content (AvgIpc) is 2.21. The SMILES string of the molecule is CSCCC(N)C(=O)NCC(O)C(C)C. The third-order valence-electron chi connectivity index (χ3n) is 2.22. The summed E-state index contributed by atoms with van der Waals surface area (Å²) in [4.78, 5) is 11.4. The van der Waals surface area contributed by atoms with Gasteiger partial charge in [0.25, 0.3) is 0 Å². The Hall–Kier alpha value is -0.260. The highest BCUT2D eigenvalue weighted by Gasteiger charge is 2.15. The van der Waals surface area contributed by atoms with E-state index in [0.29, 0.717) is 6.42 Å². The van der Waals surface area contributed by atoms with Crippen molar-refractivity contribution < 1.29 is 9.90 Å². The molecule has 0 heterocycles. The Bertz CT molecular complexity index is 188. The van der Waals surface area contributed by atoms with Gasteiger partial charge in [0.1, 0.15) is 0 Å². The molecule has 0 aliphatic rings. The molecule has 0 bridgehead atoms. The summed E-state index contributed by atoms with van der Waals surface area (Å²) in [5.41, 5.74) is 5.66. The summed E-state index contributed by atoms with van der Waals surface area (Å²) in [6, 6.07) is -0.461. The average molecular weight is 234 g/mol. The zero-order valence-corrected chi connectivity index (χ0v) is 10.5. The molecular weight excluding hydrogens is 212 g/mol. The van der Waals surface area contributed by atoms with E-state index < -0.39 is 12.1 Å². The number of thioether (sulfide) groups is 1. The van der Waals surface area contributed by atoms with Crippen LogP contribution in [0.4, 0.5) is 0 Å². The van der Waals surface area contributed by atoms with Gasteiger partial charge >= 0.3 is 0 Å². The molecule has 2 atom stereocenters. The van der Waals surface area contributed by atoms with E-state index in [9.17, 15) is 9.90 Å². The second-order valence-corrected chi connectivity index (χ2v) is 4.93. The fourth-order valence-electron chi connectivity index (χ4n) is 0.948. The lowest BCUT2D eigenvalue weighted by Crippen LogP contribution is -2.44. The van der Waals surface area contributed by atoms with Crippen LogP contribution in [-0.2, 0) is 4.79 Å². The monoisotopic (exact) mass is 234 g/mol. The molecule has 0 aromatic heterocycles. The van der Waals surface area contributed by atoms with Gasteiger partial charge in [-0.2, -0.15) is 11.8 Å². The van der Waals surface area contributed by atoms with Crippen molar-refractivity contribution in [3.8, 4) is 0 Å². The predicted molar refractivity (Wildman–Crippen MR) is 64.8 cm³/mol. The van der Waals surface area contributed by atoms with Crippen LogP contribution in [0.1, 0.15) is 20.3 Å². The van der Waals surface area contributed by atoms with Crippen LogP contribution in [0.15, 0.2) is 0 Å². The molecular formula is C10H22N2O2S. The summed E-state index contributed by atoms with van der Waals surface area (Å²) in [6.45, 7) is 4.10. The van der Waals surface area contributed by atoms with Gasteiger partial charge in [-0.15, -0.1) is 0 Å². The number of aliphatic hydroxyl groups is 1. The molecule has 0 rings (SSSR count). The van der Waals surface area contributed by atoms with Crippen molar-refractivity contribution in [1.29, 1.82) is 0 Å². The fourth-order valence-corrected chi connectivity index (χ4v) is 1.44. The standard InChI is InChI=1S/C10H22N2O2S/c1-7(2)9(13)6-12-10(14)8(11)4-5-15-3/h7-9,13H,4-6,11H2,1-3H3,(H,12,14). The molecule has 0 saturated carbocycles. The summed E-state index contributed by atoms with van der Waals surface area (Å²) in [5.74, 6) is 0.845. The first-order chi connectivity index (χ1) is 6.99. The molecule has 0 spiro atoms. The molecule has 4 N–H and O–H groups in total. The van der Waals surface area contributed by atoms with Crippen molar-refractivity contribution in [3.05, 3.63) is 0 Å². The Morgan fingerprint density at radius 3 is 2.60 bits per heavy atom. The largest absolute Gasteiger partial charge is 0.391 e. The molecule has 0 radical (unpaired) electrons. The quantitative estimate of drug-likeness (QED) is 0.588. The van der Waals surface area contributed by atoms with Gasteiger partial charge in [-0.05, 0) is 24.3 Å². The van der Waals surface area contributed by atoms with Crippen LogP contribution in [0.25, 0.3) is 0 Å². The lowest BCUT2D eigenvalue weighted by molar-refractivity contribution is -0.122. The lowest BCUT2D eigenvalue weighted by atomic mass is 10.1. The maximum Gasteiger partial charge on any atom is 0.237 e. The van der Waals surface area contributed by atoms with E-state index in [-0.39, 0.29) is 18.4 Å². The van der Waals surface area contributed by atoms with Crippen molar-refractivity contribution in [3.63, 3.8) is 0 Å². The number of amides is 1. The molecule has 90 valence electrons. The van der Waals surface area contributed by atoms with E-state index in [2.05, 4.69) is 5.32 Å². The van der Waals surface area contributed by atoms with Gasteiger partial charge in [-0.25, -0.2) is 0 Å². The normalized spacial score (nSPS) is 15.1. The van der Waals surface area contributed by atoms with Crippen molar-refractivity contribution in [2.45, 2.75) is 32.4 Å². The number of aliphatic hydroxyl groups excluding tert-OH is 1. The van der Waals surface area contributed by atoms with Gasteiger partial charge in [-0.1, -0.05) is 13.8 Å². The first kappa shape index (κ1) is 14.7. The molecule has 0 aliphatic carbocycles. The second-order valence-electron chi connectivity index (χ2n) is 3.94. The van der Waals surface area contributed by atoms with Gasteiger partial charge in [0.05, 0.1) is 12.1 Å². The van der Waals surface area contributed by atoms with E-state index in [1.54, 1.807) is 11.8 Å². The summed E-state index contributed by atoms with van der Waals surface area (Å²) in [6.07, 6.45) is 2.15. The van der Waals surface area contributed by atoms with E-state index in [1.807, 2.05) is 20.1 Å². The fraction of sp³-hybridized carbons (Fsp3) is 0.900. The van der Waals surface area contributed by atoms with Gasteiger partial charge in [-0.3, -0.25) is 4.79 Å². The molecule has 0 aromatic rings. The number of carbonyl (C=O) groups is 1. The minimum atomic E-state index is -0.498. The van der Waals surface area contributed by atoms with Crippen LogP contribution in [0.5, 0.6) is 0 Å². The Kier molecular flexibility index (Phi) is 7.82. The van der Waals surface area contributed by atoms with Crippen LogP contribution in [0.2, 0.25) is 0 Å². The molecule has 1 amide bonds. The molecule has 0 aliphatic heterocycles. The number of nitrogens with two attached hydrogens (primary N) is 1. The van der Waals surface area contributed by atoms with Crippen molar-refractivity contribution >= 4 is 17.7 Å². The molecule has 15 heavy (non-hydrogen) atoms. The zero-order valence-electron chi connectivity index (χ0n) is 9.69. The number of hydrogen-bond donors (Lipinski definition) is 3. The van der Waals surface area contributed by atoms with E-state index in [4.69, 9.17) is 5.73 Å². The van der Waals surface area contributed by atoms with Crippen molar-refractivity contribution in [2.24, 2.45) is 11.7 Å². The Labute approximate surface area is 96.0 Å². The molecule has 2 unspecified atom stereocenters. The van der Waals surface area contributed by atoms with E-state index >= 15 is 0 Å². The smallest absolute Gasteiger partial charge is 0.237 e. The van der Waals surface area contributed by atoms with Crippen LogP contribution in [0.3, 0.4) is 0 Å². The van der Waals surface area contributed by atoms with Crippen LogP contribution in [-0.4, -0.2) is 41.7 Å². The van der Waals surface area contributed by atoms with Crippen LogP contribution < -0.4 is 11.1 Å². The van der Waals surface area contributed by atoms with Gasteiger partial charge in [0, 0.05) is 6.54 Å². The number of nitrogens with one attached hydrogen (secondary N) is 1. The highest BCUT2D eigenvalue weighted by Crippen LogP contribution is 2.01. The summed E-state index contributed by atoms with van der Waals surface area (Å²) < 4.78 is 0. The summed E-state index contributed by atoms with van der Waals surface area (Å²) in [7, 11) is 0. The Balaban J connectivity index is 3.73. The predicted octanol–water partition coefficient (Wildman–Crippen LogP) is 0.200. The minimum absolute atomic E-state index is 0.146. The minimum Gasteiger partial charge on any atom is -0.391 e. The second kappa shape index (κ2) is 7.96. The summed E-state index contributed by atoms with van der Waals surface area (Å²) >= 11 is 1.67. The molecule has 0 aromatic carbocycles. The van der Waals surface area contributed by atoms with Crippen LogP contribution in [0, 0.1) is 5.92 Å². The first-order valence-corrected chi connectivity index (χ1v) is 6.58. The highest BCUT2D eigenvalue weighted by atomic mass is 32.2. The Morgan fingerprint density at radius 1 is 1.53 bits per heavy atom. The van der Waals surface area contributed by atoms with E-state index in [1.165, 1.54) is 0 Å². The lowest BCUT2D eigenvalue weighted by Gasteiger charge is -2.17. The van der Waals surface area contributed by atoms with Gasteiger partial charge < -0.3 is 16.2 Å². The van der Waals surface area contributed by atoms with Gasteiger partial charge in [0.15, 0.2) is 0 Å². The van der Waals surface area contributed by atoms with Crippen molar-refractivity contribution in [2.75, 3.05) is 18.6 Å². The number of hydrogen-bond acceptors (Lipinski definition) is 4. The van der Waals surface area contributed by atoms with Gasteiger partial charge in [0.2, 0.25) is 5.91 Å². The maximum atomic E-state index is 11.4. The molecule has 4 nitrogen and oxygen atoms in total. The van der Waals surface area contributed by atoms with Crippen molar-refractivity contribution in [1.82, 2.24) is 5.32 Å². The third-order valence-corrected chi connectivity index (χ3v) is 2.87. The third kappa shape index (κ3) is 6.76. The van der Waals surface area contributed by atoms with E-state index in [0.717, 1.165) is 5.75 Å². The molecule has 5 heteroatoms. The number of rotatable bonds is 7. The maximum absolute atomic E-state index is 11.4.